The summed E-state index contributed by atoms with van der Waals surface area (Å²) in [5.41, 5.74) is 0.581. The summed E-state index contributed by atoms with van der Waals surface area (Å²) < 4.78 is 0. The Kier molecular flexibility index (Phi) is 5.97. The number of nitrogens with zero attached hydrogens (tertiary/aromatic N) is 2. The molecule has 1 heterocycles. The first kappa shape index (κ1) is 12.5. The fourth-order valence-corrected chi connectivity index (χ4v) is 1.43. The molecule has 4 nitrogen and oxygen atoms in total. The highest BCUT2D eigenvalue weighted by atomic mass is 16.2. The lowest BCUT2D eigenvalue weighted by Crippen LogP contribution is -2.05. The van der Waals surface area contributed by atoms with Crippen molar-refractivity contribution < 1.29 is 5.11 Å². The second-order valence-electron chi connectivity index (χ2n) is 3.58. The largest absolute Gasteiger partial charge is 0.396 e. The molecular formula is C12H17N3O. The number of nitriles is 1. The molecule has 0 radical (unpaired) electrons. The molecular weight excluding hydrogens is 202 g/mol. The van der Waals surface area contributed by atoms with Crippen LogP contribution in [-0.2, 0) is 0 Å². The second kappa shape index (κ2) is 7.66. The van der Waals surface area contributed by atoms with Gasteiger partial charge in [0.25, 0.3) is 0 Å². The van der Waals surface area contributed by atoms with Crippen LogP contribution in [0.5, 0.6) is 0 Å². The predicted octanol–water partition coefficient (Wildman–Crippen LogP) is 1.92. The average Bonchev–Trinajstić information content (AvgIpc) is 2.34. The Morgan fingerprint density at radius 2 is 2.12 bits per heavy atom. The van der Waals surface area contributed by atoms with Gasteiger partial charge in [-0.1, -0.05) is 12.8 Å². The van der Waals surface area contributed by atoms with Gasteiger partial charge in [-0.3, -0.25) is 0 Å². The fraction of sp³-hybridized carbons (Fsp3) is 0.500. The van der Waals surface area contributed by atoms with Gasteiger partial charge in [0.2, 0.25) is 0 Å². The summed E-state index contributed by atoms with van der Waals surface area (Å²) in [5, 5.41) is 20.6. The van der Waals surface area contributed by atoms with E-state index in [1.807, 2.05) is 0 Å². The number of hydrogen-bond donors (Lipinski definition) is 2. The lowest BCUT2D eigenvalue weighted by atomic mass is 10.2. The first-order valence-electron chi connectivity index (χ1n) is 5.58. The number of anilines is 1. The standard InChI is InChI=1S/C12H17N3O/c13-10-11-6-5-8-15-12(11)14-7-3-1-2-4-9-16/h5-6,8,16H,1-4,7,9H2,(H,14,15). The minimum atomic E-state index is 0.270. The zero-order chi connectivity index (χ0) is 11.6. The first-order valence-corrected chi connectivity index (χ1v) is 5.58. The van der Waals surface area contributed by atoms with E-state index in [2.05, 4.69) is 16.4 Å². The molecule has 0 saturated heterocycles. The van der Waals surface area contributed by atoms with Gasteiger partial charge < -0.3 is 10.4 Å². The molecule has 0 fully saturated rings. The van der Waals surface area contributed by atoms with E-state index >= 15 is 0 Å². The smallest absolute Gasteiger partial charge is 0.143 e. The van der Waals surface area contributed by atoms with Gasteiger partial charge in [0, 0.05) is 19.3 Å². The third-order valence-corrected chi connectivity index (χ3v) is 2.31. The van der Waals surface area contributed by atoms with Crippen molar-refractivity contribution in [2.45, 2.75) is 25.7 Å². The summed E-state index contributed by atoms with van der Waals surface area (Å²) in [6.07, 6.45) is 5.71. The third-order valence-electron chi connectivity index (χ3n) is 2.31. The summed E-state index contributed by atoms with van der Waals surface area (Å²) in [6.45, 7) is 1.09. The van der Waals surface area contributed by atoms with Gasteiger partial charge in [-0.05, 0) is 25.0 Å². The Morgan fingerprint density at radius 1 is 1.31 bits per heavy atom. The number of rotatable bonds is 7. The molecule has 16 heavy (non-hydrogen) atoms. The highest BCUT2D eigenvalue weighted by Crippen LogP contribution is 2.09. The number of aliphatic hydroxyl groups excluding tert-OH is 1. The number of pyridine rings is 1. The Balaban J connectivity index is 2.24. The number of aliphatic hydroxyl groups is 1. The molecule has 0 unspecified atom stereocenters. The van der Waals surface area contributed by atoms with Gasteiger partial charge in [-0.2, -0.15) is 5.26 Å². The third kappa shape index (κ3) is 4.28. The molecule has 0 aliphatic heterocycles. The highest BCUT2D eigenvalue weighted by Gasteiger charge is 2.00. The van der Waals surface area contributed by atoms with E-state index in [1.165, 1.54) is 0 Å². The summed E-state index contributed by atoms with van der Waals surface area (Å²) >= 11 is 0. The molecule has 0 aromatic carbocycles. The first-order chi connectivity index (χ1) is 7.88. The zero-order valence-corrected chi connectivity index (χ0v) is 9.32. The summed E-state index contributed by atoms with van der Waals surface area (Å²) in [6, 6.07) is 5.60. The van der Waals surface area contributed by atoms with Gasteiger partial charge in [0.05, 0.1) is 5.56 Å². The zero-order valence-electron chi connectivity index (χ0n) is 9.32. The van der Waals surface area contributed by atoms with E-state index in [0.29, 0.717) is 11.4 Å². The lowest BCUT2D eigenvalue weighted by molar-refractivity contribution is 0.283. The number of hydrogen-bond acceptors (Lipinski definition) is 4. The number of nitrogens with one attached hydrogen (secondary N) is 1. The summed E-state index contributed by atoms with van der Waals surface area (Å²) in [4.78, 5) is 4.11. The molecule has 0 saturated carbocycles. The highest BCUT2D eigenvalue weighted by molar-refractivity contribution is 5.50. The van der Waals surface area contributed by atoms with E-state index in [-0.39, 0.29) is 6.61 Å². The van der Waals surface area contributed by atoms with Crippen LogP contribution in [0.4, 0.5) is 5.82 Å². The van der Waals surface area contributed by atoms with E-state index in [4.69, 9.17) is 10.4 Å². The summed E-state index contributed by atoms with van der Waals surface area (Å²) in [5.74, 6) is 0.659. The monoisotopic (exact) mass is 219 g/mol. The molecule has 2 N–H and O–H groups in total. The average molecular weight is 219 g/mol. The minimum absolute atomic E-state index is 0.270. The van der Waals surface area contributed by atoms with Crippen LogP contribution in [0.25, 0.3) is 0 Å². The maximum atomic E-state index is 8.83. The van der Waals surface area contributed by atoms with Crippen molar-refractivity contribution in [1.82, 2.24) is 4.98 Å². The Labute approximate surface area is 95.9 Å². The second-order valence-corrected chi connectivity index (χ2v) is 3.58. The van der Waals surface area contributed by atoms with E-state index in [0.717, 1.165) is 32.2 Å². The van der Waals surface area contributed by atoms with Gasteiger partial charge in [-0.15, -0.1) is 0 Å². The fourth-order valence-electron chi connectivity index (χ4n) is 1.43. The lowest BCUT2D eigenvalue weighted by Gasteiger charge is -2.06. The maximum absolute atomic E-state index is 8.83. The Bertz CT molecular complexity index is 346. The van der Waals surface area contributed by atoms with Crippen molar-refractivity contribution in [2.24, 2.45) is 0 Å². The maximum Gasteiger partial charge on any atom is 0.143 e. The van der Waals surface area contributed by atoms with Crippen molar-refractivity contribution in [1.29, 1.82) is 5.26 Å². The van der Waals surface area contributed by atoms with Gasteiger partial charge in [0.15, 0.2) is 0 Å². The van der Waals surface area contributed by atoms with E-state index < -0.39 is 0 Å². The van der Waals surface area contributed by atoms with Crippen LogP contribution >= 0.6 is 0 Å². The van der Waals surface area contributed by atoms with E-state index in [1.54, 1.807) is 18.3 Å². The predicted molar refractivity (Wildman–Crippen MR) is 63.0 cm³/mol. The number of unbranched alkanes of at least 4 members (excludes halogenated alkanes) is 3. The molecule has 0 bridgehead atoms. The van der Waals surface area contributed by atoms with Gasteiger partial charge >= 0.3 is 0 Å². The molecule has 1 aromatic heterocycles. The molecule has 1 rings (SSSR count). The van der Waals surface area contributed by atoms with Crippen LogP contribution < -0.4 is 5.32 Å². The van der Waals surface area contributed by atoms with E-state index in [9.17, 15) is 0 Å². The van der Waals surface area contributed by atoms with Crippen molar-refractivity contribution in [2.75, 3.05) is 18.5 Å². The van der Waals surface area contributed by atoms with Crippen LogP contribution in [0.3, 0.4) is 0 Å². The van der Waals surface area contributed by atoms with Crippen LogP contribution in [0.2, 0.25) is 0 Å². The van der Waals surface area contributed by atoms with Crippen molar-refractivity contribution >= 4 is 5.82 Å². The topological polar surface area (TPSA) is 68.9 Å². The van der Waals surface area contributed by atoms with Gasteiger partial charge in [-0.25, -0.2) is 4.98 Å². The molecule has 0 atom stereocenters. The molecule has 0 spiro atoms. The summed E-state index contributed by atoms with van der Waals surface area (Å²) in [7, 11) is 0. The minimum Gasteiger partial charge on any atom is -0.396 e. The van der Waals surface area contributed by atoms with Crippen LogP contribution in [0.1, 0.15) is 31.2 Å². The SMILES string of the molecule is N#Cc1cccnc1NCCCCCCO. The molecule has 0 aliphatic rings. The molecule has 0 aliphatic carbocycles. The van der Waals surface area contributed by atoms with Crippen molar-refractivity contribution in [3.8, 4) is 6.07 Å². The van der Waals surface area contributed by atoms with Crippen LogP contribution in [-0.4, -0.2) is 23.2 Å². The van der Waals surface area contributed by atoms with Gasteiger partial charge in [0.1, 0.15) is 11.9 Å². The van der Waals surface area contributed by atoms with Crippen molar-refractivity contribution in [3.05, 3.63) is 23.9 Å². The number of aromatic nitrogens is 1. The molecule has 0 amide bonds. The quantitative estimate of drug-likeness (QED) is 0.687. The molecule has 1 aromatic rings. The van der Waals surface area contributed by atoms with Crippen LogP contribution in [0, 0.1) is 11.3 Å². The molecule has 4 heteroatoms. The normalized spacial score (nSPS) is 9.75. The Hall–Kier alpha value is -1.60. The van der Waals surface area contributed by atoms with Crippen LogP contribution in [0.15, 0.2) is 18.3 Å². The van der Waals surface area contributed by atoms with Crippen molar-refractivity contribution in [3.63, 3.8) is 0 Å². The molecule has 86 valence electrons. The Morgan fingerprint density at radius 3 is 2.88 bits per heavy atom.